The Hall–Kier alpha value is -4.11. The molecule has 2 amide bonds. The van der Waals surface area contributed by atoms with Gasteiger partial charge >= 0.3 is 0 Å². The Kier molecular flexibility index (Phi) is 7.06. The van der Waals surface area contributed by atoms with Crippen molar-refractivity contribution in [3.05, 3.63) is 111 Å². The number of thiazole rings is 1. The van der Waals surface area contributed by atoms with Crippen LogP contribution < -0.4 is 10.1 Å². The fraction of sp³-hybridized carbons (Fsp3) is 0.267. The van der Waals surface area contributed by atoms with Gasteiger partial charge in [-0.05, 0) is 77.9 Å². The molecule has 1 aliphatic heterocycles. The third-order valence-electron chi connectivity index (χ3n) is 7.09. The summed E-state index contributed by atoms with van der Waals surface area (Å²) in [5, 5.41) is 5.27. The molecule has 1 fully saturated rings. The number of carbonyl (C=O) groups is 2. The number of ether oxygens (including phenoxy) is 1. The normalized spacial score (nSPS) is 16.4. The molecule has 0 radical (unpaired) electrons. The average Bonchev–Trinajstić information content (AvgIpc) is 3.72. The second-order valence-corrected chi connectivity index (χ2v) is 10.8. The standard InChI is InChI=1S/C30H27FN4O3S/c31-23-6-3-21(4-7-23)28-25-15-24(8-5-20(25)11-14-35(28)30(37)22-1-2-22)38-17-27-34-26(18-39-27)29(36)33-16-19-9-12-32-13-10-19/h3-10,12-13,15,18,22,28H,1-2,11,14,16-17H2,(H,33,36). The highest BCUT2D eigenvalue weighted by Gasteiger charge is 2.39. The Morgan fingerprint density at radius 1 is 1.08 bits per heavy atom. The van der Waals surface area contributed by atoms with Gasteiger partial charge in [0.05, 0.1) is 6.04 Å². The second kappa shape index (κ2) is 10.9. The first-order valence-electron chi connectivity index (χ1n) is 13.0. The Morgan fingerprint density at radius 3 is 2.64 bits per heavy atom. The van der Waals surface area contributed by atoms with Gasteiger partial charge in [0.1, 0.15) is 28.9 Å². The lowest BCUT2D eigenvalue weighted by Gasteiger charge is -2.38. The summed E-state index contributed by atoms with van der Waals surface area (Å²) in [5.41, 5.74) is 4.34. The van der Waals surface area contributed by atoms with Crippen LogP contribution in [0.1, 0.15) is 56.6 Å². The molecule has 1 aliphatic carbocycles. The van der Waals surface area contributed by atoms with E-state index in [-0.39, 0.29) is 36.2 Å². The quantitative estimate of drug-likeness (QED) is 0.336. The predicted octanol–water partition coefficient (Wildman–Crippen LogP) is 5.07. The van der Waals surface area contributed by atoms with Crippen LogP contribution in [-0.2, 0) is 24.4 Å². The van der Waals surface area contributed by atoms with Gasteiger partial charge in [0, 0.05) is 36.8 Å². The number of hydrogen-bond acceptors (Lipinski definition) is 6. The molecule has 0 spiro atoms. The van der Waals surface area contributed by atoms with Crippen molar-refractivity contribution in [2.75, 3.05) is 6.54 Å². The minimum absolute atomic E-state index is 0.0925. The molecule has 2 aromatic heterocycles. The Bertz CT molecular complexity index is 1490. The summed E-state index contributed by atoms with van der Waals surface area (Å²) in [4.78, 5) is 36.1. The van der Waals surface area contributed by atoms with Gasteiger partial charge in [-0.15, -0.1) is 11.3 Å². The summed E-state index contributed by atoms with van der Waals surface area (Å²) in [6, 6.07) is 15.7. The zero-order valence-corrected chi connectivity index (χ0v) is 22.0. The molecule has 1 N–H and O–H groups in total. The lowest BCUT2D eigenvalue weighted by atomic mass is 9.87. The molecule has 6 rings (SSSR count). The molecule has 0 saturated heterocycles. The molecule has 198 valence electrons. The average molecular weight is 543 g/mol. The van der Waals surface area contributed by atoms with Crippen molar-refractivity contribution in [3.63, 3.8) is 0 Å². The van der Waals surface area contributed by atoms with Gasteiger partial charge in [-0.1, -0.05) is 18.2 Å². The second-order valence-electron chi connectivity index (χ2n) is 9.82. The van der Waals surface area contributed by atoms with Crippen LogP contribution in [0.2, 0.25) is 0 Å². The molecule has 3 heterocycles. The largest absolute Gasteiger partial charge is 0.486 e. The third kappa shape index (κ3) is 5.68. The molecule has 4 aromatic rings. The topological polar surface area (TPSA) is 84.4 Å². The number of amides is 2. The lowest BCUT2D eigenvalue weighted by molar-refractivity contribution is -0.134. The highest BCUT2D eigenvalue weighted by atomic mass is 32.1. The molecule has 1 atom stereocenters. The fourth-order valence-electron chi connectivity index (χ4n) is 4.89. The molecule has 39 heavy (non-hydrogen) atoms. The minimum atomic E-state index is -0.305. The van der Waals surface area contributed by atoms with E-state index in [1.54, 1.807) is 29.9 Å². The maximum atomic E-state index is 13.7. The van der Waals surface area contributed by atoms with Gasteiger partial charge in [0.25, 0.3) is 5.91 Å². The van der Waals surface area contributed by atoms with Gasteiger partial charge in [-0.2, -0.15) is 0 Å². The first-order chi connectivity index (χ1) is 19.0. The van der Waals surface area contributed by atoms with E-state index in [9.17, 15) is 14.0 Å². The van der Waals surface area contributed by atoms with Crippen LogP contribution in [0, 0.1) is 11.7 Å². The maximum absolute atomic E-state index is 13.7. The molecule has 7 nitrogen and oxygen atoms in total. The van der Waals surface area contributed by atoms with Crippen molar-refractivity contribution in [1.29, 1.82) is 0 Å². The number of rotatable bonds is 8. The van der Waals surface area contributed by atoms with Crippen molar-refractivity contribution in [1.82, 2.24) is 20.2 Å². The highest BCUT2D eigenvalue weighted by molar-refractivity contribution is 7.09. The Labute approximate surface area is 229 Å². The van der Waals surface area contributed by atoms with E-state index in [1.807, 2.05) is 35.2 Å². The van der Waals surface area contributed by atoms with Crippen molar-refractivity contribution in [2.24, 2.45) is 5.92 Å². The smallest absolute Gasteiger partial charge is 0.271 e. The number of fused-ring (bicyclic) bond motifs is 1. The highest BCUT2D eigenvalue weighted by Crippen LogP contribution is 2.41. The number of aromatic nitrogens is 2. The van der Waals surface area contributed by atoms with Crippen LogP contribution >= 0.6 is 11.3 Å². The minimum Gasteiger partial charge on any atom is -0.486 e. The number of hydrogen-bond donors (Lipinski definition) is 1. The summed E-state index contributed by atoms with van der Waals surface area (Å²) in [6.45, 7) is 1.25. The van der Waals surface area contributed by atoms with E-state index in [0.717, 1.165) is 41.5 Å². The van der Waals surface area contributed by atoms with Crippen molar-refractivity contribution in [3.8, 4) is 5.75 Å². The van der Waals surface area contributed by atoms with Gasteiger partial charge in [-0.25, -0.2) is 9.37 Å². The van der Waals surface area contributed by atoms with E-state index in [4.69, 9.17) is 4.74 Å². The number of nitrogens with zero attached hydrogens (tertiary/aromatic N) is 3. The molecule has 9 heteroatoms. The zero-order valence-electron chi connectivity index (χ0n) is 21.2. The molecule has 0 bridgehead atoms. The van der Waals surface area contributed by atoms with E-state index in [1.165, 1.54) is 23.5 Å². The summed E-state index contributed by atoms with van der Waals surface area (Å²) >= 11 is 1.37. The SMILES string of the molecule is O=C(NCc1ccncc1)c1csc(COc2ccc3c(c2)C(c2ccc(F)cc2)N(C(=O)C2CC2)CC3)n1. The van der Waals surface area contributed by atoms with Crippen LogP contribution in [0.3, 0.4) is 0 Å². The number of benzene rings is 2. The molecule has 2 aromatic carbocycles. The van der Waals surface area contributed by atoms with E-state index < -0.39 is 0 Å². The molecule has 1 saturated carbocycles. The Morgan fingerprint density at radius 2 is 1.87 bits per heavy atom. The van der Waals surface area contributed by atoms with Crippen molar-refractivity contribution >= 4 is 23.2 Å². The van der Waals surface area contributed by atoms with Crippen LogP contribution in [-0.4, -0.2) is 33.2 Å². The van der Waals surface area contributed by atoms with Gasteiger partial charge < -0.3 is 15.0 Å². The van der Waals surface area contributed by atoms with Crippen LogP contribution in [0.15, 0.2) is 72.4 Å². The first kappa shape index (κ1) is 25.2. The number of nitrogens with one attached hydrogen (secondary N) is 1. The molecule has 1 unspecified atom stereocenters. The van der Waals surface area contributed by atoms with Crippen LogP contribution in [0.4, 0.5) is 4.39 Å². The monoisotopic (exact) mass is 542 g/mol. The number of pyridine rings is 1. The number of halogens is 1. The van der Waals surface area contributed by atoms with Crippen molar-refractivity contribution < 1.29 is 18.7 Å². The van der Waals surface area contributed by atoms with E-state index in [2.05, 4.69) is 15.3 Å². The Balaban J connectivity index is 1.17. The number of carbonyl (C=O) groups excluding carboxylic acids is 2. The summed E-state index contributed by atoms with van der Waals surface area (Å²) in [7, 11) is 0. The predicted molar refractivity (Wildman–Crippen MR) is 145 cm³/mol. The third-order valence-corrected chi connectivity index (χ3v) is 7.91. The first-order valence-corrected chi connectivity index (χ1v) is 13.9. The van der Waals surface area contributed by atoms with E-state index >= 15 is 0 Å². The van der Waals surface area contributed by atoms with Crippen molar-refractivity contribution in [2.45, 2.75) is 38.5 Å². The van der Waals surface area contributed by atoms with Gasteiger partial charge in [-0.3, -0.25) is 14.6 Å². The summed E-state index contributed by atoms with van der Waals surface area (Å²) in [5.74, 6) is 0.362. The van der Waals surface area contributed by atoms with E-state index in [0.29, 0.717) is 29.5 Å². The fourth-order valence-corrected chi connectivity index (χ4v) is 5.58. The van der Waals surface area contributed by atoms with Crippen LogP contribution in [0.5, 0.6) is 5.75 Å². The lowest BCUT2D eigenvalue weighted by Crippen LogP contribution is -2.41. The molecular weight excluding hydrogens is 515 g/mol. The summed E-state index contributed by atoms with van der Waals surface area (Å²) < 4.78 is 19.8. The van der Waals surface area contributed by atoms with Gasteiger partial charge in [0.15, 0.2) is 0 Å². The van der Waals surface area contributed by atoms with Crippen LogP contribution in [0.25, 0.3) is 0 Å². The zero-order chi connectivity index (χ0) is 26.8. The van der Waals surface area contributed by atoms with Gasteiger partial charge in [0.2, 0.25) is 5.91 Å². The molecular formula is C30H27FN4O3S. The molecule has 2 aliphatic rings. The maximum Gasteiger partial charge on any atom is 0.271 e. The summed E-state index contributed by atoms with van der Waals surface area (Å²) in [6.07, 6.45) is 5.99.